The number of hydrogen-bond donors (Lipinski definition) is 0. The minimum absolute atomic E-state index is 0.0203. The zero-order valence-electron chi connectivity index (χ0n) is 11.5. The molecule has 1 aliphatic rings. The van der Waals surface area contributed by atoms with Crippen LogP contribution in [0.4, 0.5) is 0 Å². The van der Waals surface area contributed by atoms with Gasteiger partial charge in [-0.15, -0.1) is 11.3 Å². The molecule has 2 aromatic rings. The average Bonchev–Trinajstić information content (AvgIpc) is 2.99. The van der Waals surface area contributed by atoms with Crippen LogP contribution in [0.5, 0.6) is 0 Å². The van der Waals surface area contributed by atoms with Gasteiger partial charge in [-0.05, 0) is 18.2 Å². The summed E-state index contributed by atoms with van der Waals surface area (Å²) in [6.45, 7) is -0.137. The van der Waals surface area contributed by atoms with Gasteiger partial charge in [-0.25, -0.2) is 4.79 Å². The Morgan fingerprint density at radius 1 is 1.13 bits per heavy atom. The largest absolute Gasteiger partial charge is 0.460 e. The summed E-state index contributed by atoms with van der Waals surface area (Å²) in [5.41, 5.74) is 0.886. The highest BCUT2D eigenvalue weighted by atomic mass is 35.5. The maximum atomic E-state index is 12.1. The maximum Gasteiger partial charge on any atom is 0.340 e. The molecule has 2 amide bonds. The number of hydrogen-bond acceptors (Lipinski definition) is 5. The lowest BCUT2D eigenvalue weighted by molar-refractivity contribution is 0.0421. The third-order valence-corrected chi connectivity index (χ3v) is 4.79. The maximum absolute atomic E-state index is 12.1. The molecule has 23 heavy (non-hydrogen) atoms. The van der Waals surface area contributed by atoms with Gasteiger partial charge in [-0.3, -0.25) is 14.5 Å². The molecule has 0 aliphatic carbocycles. The van der Waals surface area contributed by atoms with Gasteiger partial charge < -0.3 is 4.74 Å². The Balaban J connectivity index is 1.62. The molecule has 0 fully saturated rings. The van der Waals surface area contributed by atoms with Crippen LogP contribution in [-0.4, -0.2) is 35.8 Å². The fraction of sp³-hybridized carbons (Fsp3) is 0.133. The molecular formula is C15H9Cl2NO4S. The Morgan fingerprint density at radius 2 is 1.74 bits per heavy atom. The Labute approximate surface area is 145 Å². The first-order valence-electron chi connectivity index (χ1n) is 6.56. The number of imide groups is 1. The third-order valence-electron chi connectivity index (χ3n) is 3.30. The second kappa shape index (κ2) is 6.31. The van der Waals surface area contributed by atoms with E-state index in [9.17, 15) is 14.4 Å². The first-order valence-corrected chi connectivity index (χ1v) is 8.13. The molecule has 0 atom stereocenters. The highest BCUT2D eigenvalue weighted by Crippen LogP contribution is 2.31. The van der Waals surface area contributed by atoms with Gasteiger partial charge in [-0.1, -0.05) is 35.3 Å². The highest BCUT2D eigenvalue weighted by Gasteiger charge is 2.34. The second-order valence-electron chi connectivity index (χ2n) is 4.68. The molecular weight excluding hydrogens is 361 g/mol. The van der Waals surface area contributed by atoms with Crippen molar-refractivity contribution < 1.29 is 19.1 Å². The molecule has 118 valence electrons. The molecule has 3 rings (SSSR count). The minimum Gasteiger partial charge on any atom is -0.460 e. The van der Waals surface area contributed by atoms with E-state index in [1.807, 2.05) is 0 Å². The fourth-order valence-electron chi connectivity index (χ4n) is 2.23. The van der Waals surface area contributed by atoms with Gasteiger partial charge in [0.05, 0.1) is 27.6 Å². The molecule has 1 aromatic heterocycles. The Kier molecular flexibility index (Phi) is 4.39. The van der Waals surface area contributed by atoms with Crippen LogP contribution >= 0.6 is 34.5 Å². The highest BCUT2D eigenvalue weighted by molar-refractivity contribution is 7.20. The second-order valence-corrected chi connectivity index (χ2v) is 6.97. The molecule has 0 bridgehead atoms. The number of fused-ring (bicyclic) bond motifs is 1. The number of carbonyl (C=O) groups is 3. The van der Waals surface area contributed by atoms with E-state index in [1.165, 1.54) is 6.07 Å². The number of carbonyl (C=O) groups excluding carboxylic acids is 3. The molecule has 0 spiro atoms. The molecule has 1 aromatic carbocycles. The molecule has 5 nitrogen and oxygen atoms in total. The Bertz CT molecular complexity index is 783. The molecule has 0 unspecified atom stereocenters. The molecule has 0 radical (unpaired) electrons. The topological polar surface area (TPSA) is 63.7 Å². The number of benzene rings is 1. The van der Waals surface area contributed by atoms with Crippen molar-refractivity contribution in [3.8, 4) is 0 Å². The van der Waals surface area contributed by atoms with Crippen LogP contribution in [0.15, 0.2) is 30.3 Å². The number of halogens is 2. The lowest BCUT2D eigenvalue weighted by Crippen LogP contribution is -2.33. The SMILES string of the molecule is O=C(OCCN1C(=O)c2ccccc2C1=O)c1cc(Cl)sc1Cl. The quantitative estimate of drug-likeness (QED) is 0.610. The lowest BCUT2D eigenvalue weighted by atomic mass is 10.1. The van der Waals surface area contributed by atoms with E-state index < -0.39 is 17.8 Å². The van der Waals surface area contributed by atoms with E-state index in [2.05, 4.69) is 0 Å². The molecule has 0 saturated heterocycles. The van der Waals surface area contributed by atoms with E-state index in [1.54, 1.807) is 24.3 Å². The molecule has 1 aliphatic heterocycles. The van der Waals surface area contributed by atoms with Crippen molar-refractivity contribution >= 4 is 52.3 Å². The van der Waals surface area contributed by atoms with Gasteiger partial charge in [0.25, 0.3) is 11.8 Å². The number of ether oxygens (including phenoxy) is 1. The van der Waals surface area contributed by atoms with Crippen LogP contribution in [-0.2, 0) is 4.74 Å². The number of rotatable bonds is 4. The predicted molar refractivity (Wildman–Crippen MR) is 86.4 cm³/mol. The summed E-state index contributed by atoms with van der Waals surface area (Å²) in [5.74, 6) is -1.42. The van der Waals surface area contributed by atoms with Crippen molar-refractivity contribution in [3.05, 3.63) is 55.7 Å². The van der Waals surface area contributed by atoms with Crippen molar-refractivity contribution in [2.45, 2.75) is 0 Å². The number of thiophene rings is 1. The van der Waals surface area contributed by atoms with Crippen LogP contribution in [0.3, 0.4) is 0 Å². The predicted octanol–water partition coefficient (Wildman–Crippen LogP) is 3.51. The van der Waals surface area contributed by atoms with Crippen molar-refractivity contribution in [2.75, 3.05) is 13.2 Å². The molecule has 2 heterocycles. The van der Waals surface area contributed by atoms with Gasteiger partial charge >= 0.3 is 5.97 Å². The summed E-state index contributed by atoms with van der Waals surface area (Å²) in [5, 5.41) is 0. The van der Waals surface area contributed by atoms with Gasteiger partial charge in [0.2, 0.25) is 0 Å². The lowest BCUT2D eigenvalue weighted by Gasteiger charge is -2.13. The van der Waals surface area contributed by atoms with E-state index in [4.69, 9.17) is 27.9 Å². The summed E-state index contributed by atoms with van der Waals surface area (Å²) in [6, 6.07) is 7.98. The third kappa shape index (κ3) is 2.97. The van der Waals surface area contributed by atoms with E-state index in [-0.39, 0.29) is 23.1 Å². The summed E-state index contributed by atoms with van der Waals surface area (Å²) in [7, 11) is 0. The van der Waals surface area contributed by atoms with Crippen LogP contribution in [0, 0.1) is 0 Å². The minimum atomic E-state index is -0.644. The standard InChI is InChI=1S/C15H9Cl2NO4S/c16-11-7-10(12(17)23-11)15(21)22-6-5-18-13(19)8-3-1-2-4-9(8)14(18)20/h1-4,7H,5-6H2. The fourth-order valence-corrected chi connectivity index (χ4v) is 3.67. The number of esters is 1. The van der Waals surface area contributed by atoms with Crippen molar-refractivity contribution in [1.82, 2.24) is 4.90 Å². The first kappa shape index (κ1) is 16.0. The summed E-state index contributed by atoms with van der Waals surface area (Å²) in [4.78, 5) is 37.2. The average molecular weight is 370 g/mol. The normalized spacial score (nSPS) is 13.4. The monoisotopic (exact) mass is 369 g/mol. The number of amides is 2. The van der Waals surface area contributed by atoms with Crippen molar-refractivity contribution in [3.63, 3.8) is 0 Å². The van der Waals surface area contributed by atoms with E-state index in [0.29, 0.717) is 15.5 Å². The van der Waals surface area contributed by atoms with E-state index in [0.717, 1.165) is 16.2 Å². The van der Waals surface area contributed by atoms with Crippen molar-refractivity contribution in [1.29, 1.82) is 0 Å². The molecule has 0 saturated carbocycles. The zero-order valence-corrected chi connectivity index (χ0v) is 13.9. The van der Waals surface area contributed by atoms with Gasteiger partial charge in [0.1, 0.15) is 10.9 Å². The van der Waals surface area contributed by atoms with Gasteiger partial charge in [-0.2, -0.15) is 0 Å². The van der Waals surface area contributed by atoms with Crippen LogP contribution < -0.4 is 0 Å². The van der Waals surface area contributed by atoms with Gasteiger partial charge in [0.15, 0.2) is 0 Å². The van der Waals surface area contributed by atoms with Crippen LogP contribution in [0.25, 0.3) is 0 Å². The molecule has 0 N–H and O–H groups in total. The summed E-state index contributed by atoms with van der Waals surface area (Å²) in [6.07, 6.45) is 0. The number of nitrogens with zero attached hydrogens (tertiary/aromatic N) is 1. The van der Waals surface area contributed by atoms with Crippen molar-refractivity contribution in [2.24, 2.45) is 0 Å². The van der Waals surface area contributed by atoms with Gasteiger partial charge in [0, 0.05) is 0 Å². The Morgan fingerprint density at radius 3 is 2.26 bits per heavy atom. The van der Waals surface area contributed by atoms with Crippen LogP contribution in [0.2, 0.25) is 8.67 Å². The molecule has 8 heteroatoms. The Hall–Kier alpha value is -1.89. The summed E-state index contributed by atoms with van der Waals surface area (Å²) < 4.78 is 5.67. The smallest absolute Gasteiger partial charge is 0.340 e. The van der Waals surface area contributed by atoms with Crippen LogP contribution in [0.1, 0.15) is 31.1 Å². The first-order chi connectivity index (χ1) is 11.0. The zero-order chi connectivity index (χ0) is 16.6. The summed E-state index contributed by atoms with van der Waals surface area (Å²) >= 11 is 12.7. The van der Waals surface area contributed by atoms with E-state index >= 15 is 0 Å².